The lowest BCUT2D eigenvalue weighted by Crippen LogP contribution is -2.47. The summed E-state index contributed by atoms with van der Waals surface area (Å²) in [5.74, 6) is -0.417. The van der Waals surface area contributed by atoms with Crippen molar-refractivity contribution in [1.29, 1.82) is 0 Å². The number of rotatable bonds is 10. The Bertz CT molecular complexity index is 1560. The van der Waals surface area contributed by atoms with Crippen LogP contribution in [0.15, 0.2) is 57.2 Å². The number of hydrogen-bond acceptors (Lipinski definition) is 7. The molecule has 5 nitrogen and oxygen atoms in total. The predicted molar refractivity (Wildman–Crippen MR) is 184 cm³/mol. The van der Waals surface area contributed by atoms with Crippen molar-refractivity contribution in [2.75, 3.05) is 57.3 Å². The Kier molecular flexibility index (Phi) is 12.2. The van der Waals surface area contributed by atoms with Crippen LogP contribution in [0.1, 0.15) is 18.9 Å². The van der Waals surface area contributed by atoms with Gasteiger partial charge in [-0.3, -0.25) is 9.69 Å². The van der Waals surface area contributed by atoms with Crippen LogP contribution in [0.25, 0.3) is 0 Å². The van der Waals surface area contributed by atoms with Crippen LogP contribution in [0, 0.1) is 0 Å². The summed E-state index contributed by atoms with van der Waals surface area (Å²) in [6.45, 7) is 7.25. The van der Waals surface area contributed by atoms with Crippen molar-refractivity contribution < 1.29 is 22.7 Å². The summed E-state index contributed by atoms with van der Waals surface area (Å²) in [7, 11) is 0. The van der Waals surface area contributed by atoms with Crippen molar-refractivity contribution in [2.24, 2.45) is 0 Å². The predicted octanol–water partition coefficient (Wildman–Crippen LogP) is 10.3. The SMILES string of the molecule is CC(Sc1c(Cl)c(Cl)c(Cl)c(Cl)c1Cl)C(=O)OCCN1CCN(CCCN2c3ccccc3Sc3ccc(C(F)(F)F)cc32)CC1. The van der Waals surface area contributed by atoms with Gasteiger partial charge in [0.05, 0.1) is 42.1 Å². The summed E-state index contributed by atoms with van der Waals surface area (Å²) in [6, 6.07) is 11.8. The minimum absolute atomic E-state index is 0.0544. The number of esters is 1. The highest BCUT2D eigenvalue weighted by Gasteiger charge is 2.33. The maximum absolute atomic E-state index is 13.5. The first kappa shape index (κ1) is 36.1. The second-order valence-corrected chi connectivity index (χ2v) is 15.1. The number of anilines is 2. The van der Waals surface area contributed by atoms with Crippen molar-refractivity contribution in [3.63, 3.8) is 0 Å². The van der Waals surface area contributed by atoms with E-state index in [1.807, 2.05) is 29.2 Å². The number of alkyl halides is 3. The third kappa shape index (κ3) is 8.32. The highest BCUT2D eigenvalue weighted by atomic mass is 35.5. The van der Waals surface area contributed by atoms with E-state index < -0.39 is 23.0 Å². The Morgan fingerprint density at radius 3 is 2.09 bits per heavy atom. The van der Waals surface area contributed by atoms with E-state index in [-0.39, 0.29) is 31.7 Å². The molecule has 0 N–H and O–H groups in total. The summed E-state index contributed by atoms with van der Waals surface area (Å²) < 4.78 is 46.1. The Morgan fingerprint density at radius 1 is 0.848 bits per heavy atom. The third-order valence-corrected chi connectivity index (χ3v) is 12.5. The molecule has 3 aromatic rings. The number of ether oxygens (including phenoxy) is 1. The molecule has 0 radical (unpaired) electrons. The molecule has 0 spiro atoms. The van der Waals surface area contributed by atoms with Gasteiger partial charge in [-0.25, -0.2) is 0 Å². The molecule has 0 amide bonds. The van der Waals surface area contributed by atoms with Crippen LogP contribution in [0.5, 0.6) is 0 Å². The van der Waals surface area contributed by atoms with Crippen LogP contribution in [0.4, 0.5) is 24.5 Å². The zero-order valence-corrected chi connectivity index (χ0v) is 29.9. The Hall–Kier alpha value is -1.21. The summed E-state index contributed by atoms with van der Waals surface area (Å²) in [5.41, 5.74) is 0.882. The summed E-state index contributed by atoms with van der Waals surface area (Å²) in [6.07, 6.45) is -3.61. The van der Waals surface area contributed by atoms with E-state index >= 15 is 0 Å². The van der Waals surface area contributed by atoms with Gasteiger partial charge in [-0.05, 0) is 50.2 Å². The quantitative estimate of drug-likeness (QED) is 0.0879. The number of hydrogen-bond donors (Lipinski definition) is 0. The summed E-state index contributed by atoms with van der Waals surface area (Å²) >= 11 is 33.5. The van der Waals surface area contributed by atoms with Crippen molar-refractivity contribution >= 4 is 98.9 Å². The lowest BCUT2D eigenvalue weighted by Gasteiger charge is -2.36. The zero-order valence-electron chi connectivity index (χ0n) is 24.5. The molecule has 3 aromatic carbocycles. The van der Waals surface area contributed by atoms with Gasteiger partial charge in [-0.2, -0.15) is 13.2 Å². The van der Waals surface area contributed by atoms with Crippen LogP contribution in [0.2, 0.25) is 25.1 Å². The largest absolute Gasteiger partial charge is 0.463 e. The van der Waals surface area contributed by atoms with Crippen LogP contribution in [-0.4, -0.2) is 73.4 Å². The van der Waals surface area contributed by atoms with Gasteiger partial charge >= 0.3 is 12.1 Å². The van der Waals surface area contributed by atoms with Crippen molar-refractivity contribution in [2.45, 2.75) is 39.5 Å². The van der Waals surface area contributed by atoms with Crippen molar-refractivity contribution in [3.05, 3.63) is 73.1 Å². The molecular formula is C31H29Cl5F3N3O2S2. The maximum Gasteiger partial charge on any atom is 0.416 e. The number of carbonyl (C=O) groups is 1. The van der Waals surface area contributed by atoms with Gasteiger partial charge in [-0.1, -0.05) is 81.9 Å². The van der Waals surface area contributed by atoms with E-state index in [9.17, 15) is 18.0 Å². The normalized spacial score (nSPS) is 16.2. The van der Waals surface area contributed by atoms with Gasteiger partial charge in [0.1, 0.15) is 11.9 Å². The molecule has 2 aliphatic rings. The molecule has 1 unspecified atom stereocenters. The molecule has 2 heterocycles. The minimum Gasteiger partial charge on any atom is -0.463 e. The Balaban J connectivity index is 1.07. The van der Waals surface area contributed by atoms with Gasteiger partial charge in [0.15, 0.2) is 0 Å². The molecule has 0 aliphatic carbocycles. The van der Waals surface area contributed by atoms with E-state index in [2.05, 4.69) is 9.80 Å². The van der Waals surface area contributed by atoms with E-state index in [1.54, 1.807) is 13.0 Å². The van der Waals surface area contributed by atoms with Crippen LogP contribution in [-0.2, 0) is 15.7 Å². The molecule has 15 heteroatoms. The average Bonchev–Trinajstić information content (AvgIpc) is 3.04. The Morgan fingerprint density at radius 2 is 1.43 bits per heavy atom. The Labute approximate surface area is 299 Å². The molecule has 0 bridgehead atoms. The number of halogens is 8. The molecule has 1 atom stereocenters. The molecule has 0 saturated carbocycles. The topological polar surface area (TPSA) is 36.0 Å². The summed E-state index contributed by atoms with van der Waals surface area (Å²) in [5, 5.41) is -0.162. The highest BCUT2D eigenvalue weighted by molar-refractivity contribution is 8.00. The van der Waals surface area contributed by atoms with Gasteiger partial charge in [-0.15, -0.1) is 11.8 Å². The van der Waals surface area contributed by atoms with Crippen LogP contribution >= 0.6 is 81.5 Å². The first-order valence-corrected chi connectivity index (χ1v) is 18.0. The smallest absolute Gasteiger partial charge is 0.416 e. The molecule has 5 rings (SSSR count). The fourth-order valence-corrected chi connectivity index (χ4v) is 8.76. The lowest BCUT2D eigenvalue weighted by atomic mass is 10.1. The first-order chi connectivity index (χ1) is 21.8. The second kappa shape index (κ2) is 15.6. The monoisotopic (exact) mass is 771 g/mol. The van der Waals surface area contributed by atoms with Crippen molar-refractivity contribution in [3.8, 4) is 0 Å². The minimum atomic E-state index is -4.40. The number of benzene rings is 3. The third-order valence-electron chi connectivity index (χ3n) is 7.72. The molecule has 2 aliphatic heterocycles. The summed E-state index contributed by atoms with van der Waals surface area (Å²) in [4.78, 5) is 21.5. The molecule has 46 heavy (non-hydrogen) atoms. The number of para-hydroxylation sites is 1. The van der Waals surface area contributed by atoms with Gasteiger partial charge < -0.3 is 14.5 Å². The number of nitrogens with zero attached hydrogens (tertiary/aromatic N) is 3. The second-order valence-electron chi connectivity index (χ2n) is 10.8. The fourth-order valence-electron chi connectivity index (χ4n) is 5.24. The fraction of sp³-hybridized carbons (Fsp3) is 0.387. The molecule has 248 valence electrons. The van der Waals surface area contributed by atoms with E-state index in [0.29, 0.717) is 23.7 Å². The van der Waals surface area contributed by atoms with Crippen molar-refractivity contribution in [1.82, 2.24) is 9.80 Å². The number of thioether (sulfide) groups is 1. The number of carbonyl (C=O) groups excluding carboxylic acids is 1. The molecule has 1 saturated heterocycles. The van der Waals surface area contributed by atoms with E-state index in [1.165, 1.54) is 17.8 Å². The van der Waals surface area contributed by atoms with Gasteiger partial charge in [0, 0.05) is 54.0 Å². The zero-order chi connectivity index (χ0) is 33.2. The average molecular weight is 774 g/mol. The van der Waals surface area contributed by atoms with Crippen LogP contribution < -0.4 is 4.90 Å². The maximum atomic E-state index is 13.5. The van der Waals surface area contributed by atoms with E-state index in [0.717, 1.165) is 72.5 Å². The number of piperazine rings is 1. The van der Waals surface area contributed by atoms with E-state index in [4.69, 9.17) is 62.7 Å². The highest BCUT2D eigenvalue weighted by Crippen LogP contribution is 2.50. The van der Waals surface area contributed by atoms with Gasteiger partial charge in [0.2, 0.25) is 0 Å². The molecular weight excluding hydrogens is 745 g/mol. The first-order valence-electron chi connectivity index (χ1n) is 14.4. The molecule has 1 fully saturated rings. The standard InChI is InChI=1S/C31H29Cl5F3N3O2S2/c1-18(45-29-27(35)25(33)24(32)26(34)28(29)36)30(43)44-16-15-41-13-11-40(12-14-41)9-4-10-42-20-5-2-3-6-22(20)46-23-8-7-19(17-21(23)42)31(37,38)39/h2-3,5-8,17-18H,4,9-16H2,1H3. The lowest BCUT2D eigenvalue weighted by molar-refractivity contribution is -0.143. The van der Waals surface area contributed by atoms with Gasteiger partial charge in [0.25, 0.3) is 0 Å². The molecule has 0 aromatic heterocycles. The van der Waals surface area contributed by atoms with Crippen LogP contribution in [0.3, 0.4) is 0 Å². The number of fused-ring (bicyclic) bond motifs is 2.